The molecule has 1 heterocycles. The lowest BCUT2D eigenvalue weighted by Gasteiger charge is -1.98. The molecule has 2 rings (SSSR count). The second kappa shape index (κ2) is 6.06. The third-order valence-electron chi connectivity index (χ3n) is 2.86. The predicted molar refractivity (Wildman–Crippen MR) is 79.3 cm³/mol. The number of benzene rings is 1. The molecule has 0 atom stereocenters. The van der Waals surface area contributed by atoms with Crippen molar-refractivity contribution in [2.75, 3.05) is 5.73 Å². The minimum Gasteiger partial charge on any atom is -0.440 e. The Bertz CT molecular complexity index is 627. The summed E-state index contributed by atoms with van der Waals surface area (Å²) in [5, 5.41) is 3.77. The Balaban J connectivity index is 2.21. The highest BCUT2D eigenvalue weighted by molar-refractivity contribution is 5.88. The second-order valence-corrected chi connectivity index (χ2v) is 4.41. The zero-order valence-corrected chi connectivity index (χ0v) is 11.5. The summed E-state index contributed by atoms with van der Waals surface area (Å²) in [4.78, 5) is 10.7. The minimum atomic E-state index is -0.237. The van der Waals surface area contributed by atoms with E-state index in [1.54, 1.807) is 6.07 Å². The second-order valence-electron chi connectivity index (χ2n) is 4.41. The van der Waals surface area contributed by atoms with Gasteiger partial charge in [-0.15, -0.1) is 0 Å². The summed E-state index contributed by atoms with van der Waals surface area (Å²) in [5.41, 5.74) is 10.9. The number of furan rings is 1. The molecular weight excluding hydrogens is 254 g/mol. The van der Waals surface area contributed by atoms with E-state index in [4.69, 9.17) is 10.2 Å². The monoisotopic (exact) mass is 271 g/mol. The van der Waals surface area contributed by atoms with Crippen LogP contribution in [0.25, 0.3) is 11.3 Å². The van der Waals surface area contributed by atoms with Gasteiger partial charge in [-0.1, -0.05) is 31.2 Å². The van der Waals surface area contributed by atoms with Crippen molar-refractivity contribution < 1.29 is 9.21 Å². The summed E-state index contributed by atoms with van der Waals surface area (Å²) in [6.07, 6.45) is 2.46. The molecule has 20 heavy (non-hydrogen) atoms. The number of hydrogen-bond donors (Lipinski definition) is 2. The molecule has 1 aromatic heterocycles. The maximum absolute atomic E-state index is 10.7. The van der Waals surface area contributed by atoms with Gasteiger partial charge >= 0.3 is 0 Å². The zero-order chi connectivity index (χ0) is 14.5. The van der Waals surface area contributed by atoms with Crippen molar-refractivity contribution in [1.82, 2.24) is 5.43 Å². The van der Waals surface area contributed by atoms with Crippen LogP contribution in [-0.2, 0) is 11.2 Å². The third kappa shape index (κ3) is 3.26. The van der Waals surface area contributed by atoms with Gasteiger partial charge in [0.1, 0.15) is 5.76 Å². The van der Waals surface area contributed by atoms with Crippen LogP contribution in [0.1, 0.15) is 25.0 Å². The first kappa shape index (κ1) is 13.9. The largest absolute Gasteiger partial charge is 0.440 e. The Kier molecular flexibility index (Phi) is 4.20. The summed E-state index contributed by atoms with van der Waals surface area (Å²) in [6.45, 7) is 3.49. The maximum atomic E-state index is 10.7. The van der Waals surface area contributed by atoms with E-state index in [1.807, 2.05) is 12.1 Å². The van der Waals surface area contributed by atoms with Gasteiger partial charge in [-0.25, -0.2) is 5.43 Å². The van der Waals surface area contributed by atoms with E-state index in [1.165, 1.54) is 18.7 Å². The van der Waals surface area contributed by atoms with Gasteiger partial charge in [0, 0.05) is 12.5 Å². The van der Waals surface area contributed by atoms with Crippen molar-refractivity contribution in [2.45, 2.75) is 20.3 Å². The molecule has 2 aromatic rings. The van der Waals surface area contributed by atoms with Crippen molar-refractivity contribution >= 4 is 18.0 Å². The van der Waals surface area contributed by atoms with E-state index in [0.29, 0.717) is 11.3 Å². The molecule has 5 heteroatoms. The van der Waals surface area contributed by atoms with E-state index in [0.717, 1.165) is 12.0 Å². The molecule has 104 valence electrons. The van der Waals surface area contributed by atoms with E-state index in [-0.39, 0.29) is 11.8 Å². The van der Waals surface area contributed by atoms with Crippen LogP contribution in [0, 0.1) is 0 Å². The molecule has 0 saturated heterocycles. The topological polar surface area (TPSA) is 80.6 Å². The highest BCUT2D eigenvalue weighted by Gasteiger charge is 2.08. The lowest BCUT2D eigenvalue weighted by atomic mass is 10.1. The van der Waals surface area contributed by atoms with Crippen LogP contribution in [0.3, 0.4) is 0 Å². The van der Waals surface area contributed by atoms with Crippen LogP contribution in [-0.4, -0.2) is 12.1 Å². The Labute approximate surface area is 117 Å². The number of nitrogens with two attached hydrogens (primary N) is 1. The summed E-state index contributed by atoms with van der Waals surface area (Å²) in [7, 11) is 0. The van der Waals surface area contributed by atoms with Crippen molar-refractivity contribution in [2.24, 2.45) is 5.10 Å². The standard InChI is InChI=1S/C15H17N3O2/c1-3-11-4-6-12(7-5-11)14-8-13(15(16)20-14)9-17-18-10(2)19/h4-9H,3,16H2,1-2H3,(H,18,19)/b17-9+. The number of rotatable bonds is 4. The van der Waals surface area contributed by atoms with Crippen molar-refractivity contribution in [1.29, 1.82) is 0 Å². The zero-order valence-electron chi connectivity index (χ0n) is 11.5. The molecule has 0 spiro atoms. The molecule has 0 aliphatic rings. The molecule has 0 radical (unpaired) electrons. The molecule has 0 fully saturated rings. The van der Waals surface area contributed by atoms with Crippen molar-refractivity contribution in [3.05, 3.63) is 41.5 Å². The number of nitrogens with zero attached hydrogens (tertiary/aromatic N) is 1. The number of hydrazone groups is 1. The Morgan fingerprint density at radius 1 is 1.40 bits per heavy atom. The normalized spacial score (nSPS) is 10.9. The number of aryl methyl sites for hydroxylation is 1. The van der Waals surface area contributed by atoms with Gasteiger partial charge in [-0.3, -0.25) is 4.79 Å². The number of anilines is 1. The molecule has 1 aromatic carbocycles. The van der Waals surface area contributed by atoms with Crippen LogP contribution in [0.5, 0.6) is 0 Å². The first-order valence-electron chi connectivity index (χ1n) is 6.38. The quantitative estimate of drug-likeness (QED) is 0.662. The van der Waals surface area contributed by atoms with Gasteiger partial charge < -0.3 is 10.2 Å². The molecule has 5 nitrogen and oxygen atoms in total. The van der Waals surface area contributed by atoms with Crippen LogP contribution < -0.4 is 11.2 Å². The number of carbonyl (C=O) groups excluding carboxylic acids is 1. The van der Waals surface area contributed by atoms with Gasteiger partial charge in [-0.2, -0.15) is 5.10 Å². The van der Waals surface area contributed by atoms with Gasteiger partial charge in [0.25, 0.3) is 0 Å². The SMILES string of the molecule is CCc1ccc(-c2cc(/C=N/NC(C)=O)c(N)o2)cc1. The lowest BCUT2D eigenvalue weighted by Crippen LogP contribution is -2.12. The van der Waals surface area contributed by atoms with Crippen molar-refractivity contribution in [3.63, 3.8) is 0 Å². The summed E-state index contributed by atoms with van der Waals surface area (Å²) >= 11 is 0. The van der Waals surface area contributed by atoms with Gasteiger partial charge in [0.05, 0.1) is 11.8 Å². The Morgan fingerprint density at radius 3 is 2.70 bits per heavy atom. The molecule has 0 aliphatic carbocycles. The summed E-state index contributed by atoms with van der Waals surface area (Å²) in [5.74, 6) is 0.710. The number of nitrogen functional groups attached to an aromatic ring is 1. The van der Waals surface area contributed by atoms with E-state index in [2.05, 4.69) is 29.6 Å². The molecule has 0 unspecified atom stereocenters. The van der Waals surface area contributed by atoms with Crippen LogP contribution >= 0.6 is 0 Å². The smallest absolute Gasteiger partial charge is 0.236 e. The van der Waals surface area contributed by atoms with Crippen LogP contribution in [0.15, 0.2) is 39.9 Å². The first-order chi connectivity index (χ1) is 9.60. The molecule has 0 aliphatic heterocycles. The average Bonchev–Trinajstić information content (AvgIpc) is 2.80. The fraction of sp³-hybridized carbons (Fsp3) is 0.200. The fourth-order valence-electron chi connectivity index (χ4n) is 1.76. The molecule has 0 bridgehead atoms. The fourth-order valence-corrected chi connectivity index (χ4v) is 1.76. The van der Waals surface area contributed by atoms with Gasteiger partial charge in [0.2, 0.25) is 5.91 Å². The Morgan fingerprint density at radius 2 is 2.10 bits per heavy atom. The maximum Gasteiger partial charge on any atom is 0.236 e. The highest BCUT2D eigenvalue weighted by atomic mass is 16.4. The first-order valence-corrected chi connectivity index (χ1v) is 6.38. The minimum absolute atomic E-state index is 0.237. The van der Waals surface area contributed by atoms with E-state index < -0.39 is 0 Å². The molecular formula is C15H17N3O2. The van der Waals surface area contributed by atoms with Gasteiger partial charge in [0.15, 0.2) is 5.88 Å². The third-order valence-corrected chi connectivity index (χ3v) is 2.86. The molecule has 1 amide bonds. The lowest BCUT2D eigenvalue weighted by molar-refractivity contribution is -0.118. The number of hydrogen-bond acceptors (Lipinski definition) is 4. The Hall–Kier alpha value is -2.56. The molecule has 0 saturated carbocycles. The van der Waals surface area contributed by atoms with E-state index >= 15 is 0 Å². The summed E-state index contributed by atoms with van der Waals surface area (Å²) in [6, 6.07) is 9.89. The number of carbonyl (C=O) groups is 1. The number of nitrogens with one attached hydrogen (secondary N) is 1. The van der Waals surface area contributed by atoms with Crippen LogP contribution in [0.2, 0.25) is 0 Å². The highest BCUT2D eigenvalue weighted by Crippen LogP contribution is 2.26. The van der Waals surface area contributed by atoms with Gasteiger partial charge in [-0.05, 0) is 18.1 Å². The predicted octanol–water partition coefficient (Wildman–Crippen LogP) is 2.56. The summed E-state index contributed by atoms with van der Waals surface area (Å²) < 4.78 is 5.51. The van der Waals surface area contributed by atoms with Crippen LogP contribution in [0.4, 0.5) is 5.88 Å². The van der Waals surface area contributed by atoms with E-state index in [9.17, 15) is 4.79 Å². The van der Waals surface area contributed by atoms with Crippen molar-refractivity contribution in [3.8, 4) is 11.3 Å². The average molecular weight is 271 g/mol. The number of amides is 1. The molecule has 3 N–H and O–H groups in total.